The molecule has 2 atom stereocenters. The van der Waals surface area contributed by atoms with Gasteiger partial charge in [-0.3, -0.25) is 0 Å². The molecule has 2 aliphatic rings. The zero-order valence-electron chi connectivity index (χ0n) is 8.27. The highest BCUT2D eigenvalue weighted by Crippen LogP contribution is 2.34. The first-order valence-electron chi connectivity index (χ1n) is 5.35. The average molecular weight is 205 g/mol. The highest BCUT2D eigenvalue weighted by atomic mass is 19.3. The van der Waals surface area contributed by atoms with Gasteiger partial charge in [0.25, 0.3) is 0 Å². The molecular formula is C10H17F2NO. The summed E-state index contributed by atoms with van der Waals surface area (Å²) in [6.07, 6.45) is 1.74. The molecule has 1 saturated heterocycles. The molecule has 0 amide bonds. The van der Waals surface area contributed by atoms with E-state index in [4.69, 9.17) is 4.74 Å². The second kappa shape index (κ2) is 4.11. The van der Waals surface area contributed by atoms with Crippen molar-refractivity contribution in [2.24, 2.45) is 5.92 Å². The van der Waals surface area contributed by atoms with Crippen LogP contribution in [-0.2, 0) is 4.74 Å². The van der Waals surface area contributed by atoms with Gasteiger partial charge in [-0.1, -0.05) is 0 Å². The maximum Gasteiger partial charge on any atom is 0.249 e. The minimum Gasteiger partial charge on any atom is -0.381 e. The highest BCUT2D eigenvalue weighted by Gasteiger charge is 2.39. The van der Waals surface area contributed by atoms with E-state index < -0.39 is 5.92 Å². The summed E-state index contributed by atoms with van der Waals surface area (Å²) in [5, 5.41) is 3.22. The molecule has 0 bridgehead atoms. The van der Waals surface area contributed by atoms with Crippen molar-refractivity contribution >= 4 is 0 Å². The zero-order chi connectivity index (χ0) is 10.0. The molecule has 0 aromatic carbocycles. The predicted octanol–water partition coefficient (Wildman–Crippen LogP) is 1.80. The molecule has 14 heavy (non-hydrogen) atoms. The molecule has 4 heteroatoms. The summed E-state index contributed by atoms with van der Waals surface area (Å²) >= 11 is 0. The minimum absolute atomic E-state index is 0.0145. The zero-order valence-corrected chi connectivity index (χ0v) is 8.27. The van der Waals surface area contributed by atoms with Crippen LogP contribution in [0.4, 0.5) is 8.78 Å². The monoisotopic (exact) mass is 205 g/mol. The van der Waals surface area contributed by atoms with Crippen LogP contribution in [0.5, 0.6) is 0 Å². The van der Waals surface area contributed by atoms with Crippen LogP contribution in [0.3, 0.4) is 0 Å². The normalized spacial score (nSPS) is 36.4. The standard InChI is InChI=1S/C10H17F2NO/c11-10(12)3-1-9(5-10)13-6-8-2-4-14-7-8/h8-9,13H,1-7H2. The van der Waals surface area contributed by atoms with Crippen LogP contribution in [0.25, 0.3) is 0 Å². The molecule has 2 fully saturated rings. The van der Waals surface area contributed by atoms with Crippen LogP contribution in [0.2, 0.25) is 0 Å². The van der Waals surface area contributed by atoms with E-state index >= 15 is 0 Å². The van der Waals surface area contributed by atoms with E-state index in [0.29, 0.717) is 12.3 Å². The Hall–Kier alpha value is -0.220. The summed E-state index contributed by atoms with van der Waals surface area (Å²) in [5.41, 5.74) is 0. The fourth-order valence-corrected chi connectivity index (χ4v) is 2.20. The van der Waals surface area contributed by atoms with E-state index in [9.17, 15) is 8.78 Å². The Morgan fingerprint density at radius 1 is 1.36 bits per heavy atom. The van der Waals surface area contributed by atoms with Crippen molar-refractivity contribution in [3.05, 3.63) is 0 Å². The number of alkyl halides is 2. The van der Waals surface area contributed by atoms with Crippen LogP contribution in [0, 0.1) is 5.92 Å². The third-order valence-electron chi connectivity index (χ3n) is 3.12. The lowest BCUT2D eigenvalue weighted by molar-refractivity contribution is 0.00682. The Bertz CT molecular complexity index is 193. The summed E-state index contributed by atoms with van der Waals surface area (Å²) in [6.45, 7) is 2.45. The fraction of sp³-hybridized carbons (Fsp3) is 1.00. The summed E-state index contributed by atoms with van der Waals surface area (Å²) in [5.74, 6) is -1.90. The molecule has 1 saturated carbocycles. The average Bonchev–Trinajstić information content (AvgIpc) is 2.70. The second-order valence-corrected chi connectivity index (χ2v) is 4.43. The van der Waals surface area contributed by atoms with Crippen molar-refractivity contribution in [1.29, 1.82) is 0 Å². The van der Waals surface area contributed by atoms with Crippen molar-refractivity contribution < 1.29 is 13.5 Å². The molecule has 0 aromatic rings. The summed E-state index contributed by atoms with van der Waals surface area (Å²) < 4.78 is 30.9. The Kier molecular flexibility index (Phi) is 3.02. The summed E-state index contributed by atoms with van der Waals surface area (Å²) in [4.78, 5) is 0. The largest absolute Gasteiger partial charge is 0.381 e. The minimum atomic E-state index is -2.43. The molecule has 1 aliphatic carbocycles. The maximum atomic E-state index is 12.8. The SMILES string of the molecule is FC1(F)CCC(NCC2CCOC2)C1. The molecule has 1 aliphatic heterocycles. The van der Waals surface area contributed by atoms with Crippen LogP contribution in [0.15, 0.2) is 0 Å². The Balaban J connectivity index is 1.66. The first-order chi connectivity index (χ1) is 6.66. The van der Waals surface area contributed by atoms with Gasteiger partial charge in [0.1, 0.15) is 0 Å². The lowest BCUT2D eigenvalue weighted by Crippen LogP contribution is -2.32. The number of rotatable bonds is 3. The van der Waals surface area contributed by atoms with Gasteiger partial charge < -0.3 is 10.1 Å². The Morgan fingerprint density at radius 2 is 2.21 bits per heavy atom. The number of nitrogens with one attached hydrogen (secondary N) is 1. The van der Waals surface area contributed by atoms with Crippen molar-refractivity contribution in [2.45, 2.75) is 37.6 Å². The molecule has 0 radical (unpaired) electrons. The van der Waals surface area contributed by atoms with E-state index in [1.54, 1.807) is 0 Å². The predicted molar refractivity (Wildman–Crippen MR) is 49.5 cm³/mol. The molecule has 82 valence electrons. The Labute approximate surface area is 83.0 Å². The smallest absolute Gasteiger partial charge is 0.249 e. The third kappa shape index (κ3) is 2.64. The Morgan fingerprint density at radius 3 is 2.79 bits per heavy atom. The van der Waals surface area contributed by atoms with E-state index in [1.807, 2.05) is 0 Å². The molecule has 0 aromatic heterocycles. The highest BCUT2D eigenvalue weighted by molar-refractivity contribution is 4.86. The molecule has 0 spiro atoms. The number of hydrogen-bond donors (Lipinski definition) is 1. The molecule has 2 nitrogen and oxygen atoms in total. The topological polar surface area (TPSA) is 21.3 Å². The molecule has 2 rings (SSSR count). The van der Waals surface area contributed by atoms with Gasteiger partial charge in [-0.25, -0.2) is 8.78 Å². The van der Waals surface area contributed by atoms with Crippen molar-refractivity contribution in [3.63, 3.8) is 0 Å². The molecule has 2 unspecified atom stereocenters. The van der Waals surface area contributed by atoms with Gasteiger partial charge >= 0.3 is 0 Å². The lowest BCUT2D eigenvalue weighted by Gasteiger charge is -2.15. The lowest BCUT2D eigenvalue weighted by atomic mass is 10.1. The van der Waals surface area contributed by atoms with Crippen molar-refractivity contribution in [3.8, 4) is 0 Å². The van der Waals surface area contributed by atoms with Gasteiger partial charge in [-0.2, -0.15) is 0 Å². The third-order valence-corrected chi connectivity index (χ3v) is 3.12. The second-order valence-electron chi connectivity index (χ2n) is 4.43. The maximum absolute atomic E-state index is 12.8. The van der Waals surface area contributed by atoms with Crippen LogP contribution in [-0.4, -0.2) is 31.7 Å². The van der Waals surface area contributed by atoms with Gasteiger partial charge in [-0.05, 0) is 18.8 Å². The van der Waals surface area contributed by atoms with E-state index in [0.717, 1.165) is 26.2 Å². The van der Waals surface area contributed by atoms with E-state index in [-0.39, 0.29) is 18.9 Å². The molecular weight excluding hydrogens is 188 g/mol. The van der Waals surface area contributed by atoms with E-state index in [1.165, 1.54) is 0 Å². The number of ether oxygens (including phenoxy) is 1. The first-order valence-corrected chi connectivity index (χ1v) is 5.35. The van der Waals surface area contributed by atoms with Gasteiger partial charge in [0.05, 0.1) is 6.61 Å². The van der Waals surface area contributed by atoms with Crippen LogP contribution < -0.4 is 5.32 Å². The van der Waals surface area contributed by atoms with Gasteiger partial charge in [0, 0.05) is 32.0 Å². The molecule has 1 heterocycles. The fourth-order valence-electron chi connectivity index (χ4n) is 2.20. The number of halogens is 2. The van der Waals surface area contributed by atoms with Crippen molar-refractivity contribution in [1.82, 2.24) is 5.32 Å². The van der Waals surface area contributed by atoms with Crippen LogP contribution >= 0.6 is 0 Å². The number of hydrogen-bond acceptors (Lipinski definition) is 2. The first kappa shape index (κ1) is 10.3. The molecule has 1 N–H and O–H groups in total. The van der Waals surface area contributed by atoms with E-state index in [2.05, 4.69) is 5.32 Å². The van der Waals surface area contributed by atoms with Gasteiger partial charge in [0.2, 0.25) is 5.92 Å². The van der Waals surface area contributed by atoms with Crippen molar-refractivity contribution in [2.75, 3.05) is 19.8 Å². The quantitative estimate of drug-likeness (QED) is 0.758. The van der Waals surface area contributed by atoms with Gasteiger partial charge in [-0.15, -0.1) is 0 Å². The van der Waals surface area contributed by atoms with Crippen LogP contribution in [0.1, 0.15) is 25.7 Å². The van der Waals surface area contributed by atoms with Gasteiger partial charge in [0.15, 0.2) is 0 Å². The summed E-state index contributed by atoms with van der Waals surface area (Å²) in [6, 6.07) is 0.0191. The summed E-state index contributed by atoms with van der Waals surface area (Å²) in [7, 11) is 0.